The lowest BCUT2D eigenvalue weighted by molar-refractivity contribution is -0.113. The molecule has 27 heavy (non-hydrogen) atoms. The molecule has 2 rings (SSSR count). The van der Waals surface area contributed by atoms with Gasteiger partial charge in [-0.05, 0) is 55.2 Å². The summed E-state index contributed by atoms with van der Waals surface area (Å²) in [6, 6.07) is 5.78. The Morgan fingerprint density at radius 3 is 1.89 bits per heavy atom. The lowest BCUT2D eigenvalue weighted by Gasteiger charge is -2.20. The maximum atomic E-state index is 12.6. The zero-order valence-corrected chi connectivity index (χ0v) is 17.6. The Bertz CT molecular complexity index is 937. The molecular formula is C20H23ClN2O3S. The predicted octanol–water partition coefficient (Wildman–Crippen LogP) is 4.64. The number of allylic oxidation sites excluding steroid dienone is 4. The van der Waals surface area contributed by atoms with E-state index in [2.05, 4.69) is 9.39 Å². The smallest absolute Gasteiger partial charge is 0.283 e. The van der Waals surface area contributed by atoms with Gasteiger partial charge in [0.25, 0.3) is 10.0 Å². The number of nitrogens with zero attached hydrogens (tertiary/aromatic N) is 2. The fraction of sp³-hybridized carbons (Fsp3) is 0.350. The molecule has 144 valence electrons. The van der Waals surface area contributed by atoms with E-state index in [0.717, 1.165) is 0 Å². The second kappa shape index (κ2) is 8.31. The molecular weight excluding hydrogens is 384 g/mol. The highest BCUT2D eigenvalue weighted by Crippen LogP contribution is 2.25. The van der Waals surface area contributed by atoms with Crippen molar-refractivity contribution in [2.24, 2.45) is 21.2 Å². The van der Waals surface area contributed by atoms with Crippen LogP contribution in [0.4, 0.5) is 0 Å². The molecule has 5 nitrogen and oxygen atoms in total. The number of carbonyl (C=O) groups excluding carboxylic acids is 1. The van der Waals surface area contributed by atoms with Crippen molar-refractivity contribution in [3.8, 4) is 0 Å². The van der Waals surface area contributed by atoms with Crippen LogP contribution in [-0.2, 0) is 14.8 Å². The average molecular weight is 407 g/mol. The summed E-state index contributed by atoms with van der Waals surface area (Å²) in [5.41, 5.74) is 1.84. The van der Waals surface area contributed by atoms with Gasteiger partial charge < -0.3 is 0 Å². The van der Waals surface area contributed by atoms with Crippen molar-refractivity contribution >= 4 is 39.0 Å². The van der Waals surface area contributed by atoms with E-state index < -0.39 is 10.0 Å². The van der Waals surface area contributed by atoms with Crippen molar-refractivity contribution in [2.45, 2.75) is 39.5 Å². The molecule has 1 aromatic carbocycles. The third-order valence-corrected chi connectivity index (χ3v) is 5.65. The van der Waals surface area contributed by atoms with Gasteiger partial charge in [-0.25, -0.2) is 4.99 Å². The molecule has 0 N–H and O–H groups in total. The maximum Gasteiger partial charge on any atom is 0.283 e. The Labute approximate surface area is 165 Å². The molecule has 0 aliphatic heterocycles. The van der Waals surface area contributed by atoms with Crippen LogP contribution in [0.1, 0.15) is 34.6 Å². The quantitative estimate of drug-likeness (QED) is 0.415. The highest BCUT2D eigenvalue weighted by Gasteiger charge is 2.24. The Kier molecular flexibility index (Phi) is 6.54. The molecule has 0 radical (unpaired) electrons. The molecule has 0 aromatic heterocycles. The number of rotatable bonds is 4. The van der Waals surface area contributed by atoms with Crippen LogP contribution in [0.3, 0.4) is 0 Å². The fourth-order valence-electron chi connectivity index (χ4n) is 2.62. The molecule has 0 bridgehead atoms. The first-order valence-electron chi connectivity index (χ1n) is 8.65. The van der Waals surface area contributed by atoms with Crippen LogP contribution in [-0.4, -0.2) is 25.7 Å². The van der Waals surface area contributed by atoms with Crippen molar-refractivity contribution in [3.05, 3.63) is 52.6 Å². The van der Waals surface area contributed by atoms with Crippen LogP contribution in [0, 0.1) is 11.8 Å². The van der Waals surface area contributed by atoms with Crippen LogP contribution < -0.4 is 0 Å². The third kappa shape index (κ3) is 5.23. The zero-order valence-electron chi connectivity index (χ0n) is 16.0. The number of aliphatic imine (C=N–C) groups is 1. The normalized spacial score (nSPS) is 15.9. The van der Waals surface area contributed by atoms with Gasteiger partial charge in [0, 0.05) is 16.2 Å². The van der Waals surface area contributed by atoms with Gasteiger partial charge >= 0.3 is 0 Å². The van der Waals surface area contributed by atoms with Crippen molar-refractivity contribution < 1.29 is 13.2 Å². The number of Topliss-reactive ketones (excluding diaryl/α,β-unsaturated/α-hetero) is 1. The number of amidine groups is 1. The number of hydrogen-bond donors (Lipinski definition) is 0. The van der Waals surface area contributed by atoms with Gasteiger partial charge in [0.15, 0.2) is 5.78 Å². The number of carbonyl (C=O) groups is 1. The van der Waals surface area contributed by atoms with Gasteiger partial charge in [-0.2, -0.15) is 8.42 Å². The number of halogens is 1. The van der Waals surface area contributed by atoms with E-state index >= 15 is 0 Å². The van der Waals surface area contributed by atoms with E-state index in [1.165, 1.54) is 31.2 Å². The van der Waals surface area contributed by atoms with Crippen molar-refractivity contribution in [1.29, 1.82) is 0 Å². The van der Waals surface area contributed by atoms with Gasteiger partial charge in [-0.15, -0.1) is 4.40 Å². The summed E-state index contributed by atoms with van der Waals surface area (Å²) in [5, 5.41) is 0.444. The lowest BCUT2D eigenvalue weighted by atomic mass is 9.84. The largest absolute Gasteiger partial charge is 0.289 e. The summed E-state index contributed by atoms with van der Waals surface area (Å²) < 4.78 is 28.6. The van der Waals surface area contributed by atoms with Gasteiger partial charge in [-0.1, -0.05) is 39.3 Å². The van der Waals surface area contributed by atoms with Crippen molar-refractivity contribution in [2.75, 3.05) is 0 Å². The lowest BCUT2D eigenvalue weighted by Crippen LogP contribution is -2.21. The van der Waals surface area contributed by atoms with Crippen molar-refractivity contribution in [1.82, 2.24) is 0 Å². The molecule has 1 aromatic rings. The molecule has 1 aliphatic rings. The third-order valence-electron chi connectivity index (χ3n) is 4.03. The first kappa shape index (κ1) is 21.3. The summed E-state index contributed by atoms with van der Waals surface area (Å²) in [5.74, 6) is 0.190. The monoisotopic (exact) mass is 406 g/mol. The Hall–Kier alpha value is -2.05. The van der Waals surface area contributed by atoms with Crippen LogP contribution in [0.5, 0.6) is 0 Å². The van der Waals surface area contributed by atoms with E-state index in [4.69, 9.17) is 11.6 Å². The highest BCUT2D eigenvalue weighted by atomic mass is 35.5. The zero-order chi connectivity index (χ0) is 20.4. The number of ketones is 1. The molecule has 0 atom stereocenters. The van der Waals surface area contributed by atoms with Gasteiger partial charge in [-0.3, -0.25) is 4.79 Å². The number of hydrogen-bond acceptors (Lipinski definition) is 3. The van der Waals surface area contributed by atoms with E-state index in [1.54, 1.807) is 12.2 Å². The van der Waals surface area contributed by atoms with Crippen LogP contribution >= 0.6 is 11.6 Å². The molecule has 0 unspecified atom stereocenters. The summed E-state index contributed by atoms with van der Waals surface area (Å²) in [4.78, 5) is 16.9. The highest BCUT2D eigenvalue weighted by molar-refractivity contribution is 7.90. The van der Waals surface area contributed by atoms with E-state index in [0.29, 0.717) is 21.9 Å². The first-order valence-corrected chi connectivity index (χ1v) is 10.5. The molecule has 0 amide bonds. The minimum Gasteiger partial charge on any atom is -0.289 e. The topological polar surface area (TPSA) is 75.9 Å². The maximum absolute atomic E-state index is 12.6. The average Bonchev–Trinajstić information content (AvgIpc) is 2.55. The fourth-order valence-corrected chi connectivity index (χ4v) is 3.72. The van der Waals surface area contributed by atoms with E-state index in [-0.39, 0.29) is 28.4 Å². The SMILES string of the molecule is CC(N=C1C=C(C(C)C)C(=O)C(C(C)C)=C1)=NS(=O)(=O)c1ccc(Cl)cc1. The van der Waals surface area contributed by atoms with Crippen molar-refractivity contribution in [3.63, 3.8) is 0 Å². The summed E-state index contributed by atoms with van der Waals surface area (Å²) in [6.07, 6.45) is 3.40. The standard InChI is InChI=1S/C20H23ClN2O3S/c1-12(2)18-10-16(11-19(13(3)4)20(18)24)22-14(5)23-27(25,26)17-8-6-15(21)7-9-17/h6-13H,1-5H3. The Balaban J connectivity index is 2.44. The predicted molar refractivity (Wildman–Crippen MR) is 110 cm³/mol. The summed E-state index contributed by atoms with van der Waals surface area (Å²) >= 11 is 5.79. The Morgan fingerprint density at radius 1 is 0.963 bits per heavy atom. The van der Waals surface area contributed by atoms with Gasteiger partial charge in [0.05, 0.1) is 10.6 Å². The minimum atomic E-state index is -3.88. The second-order valence-electron chi connectivity index (χ2n) is 6.94. The van der Waals surface area contributed by atoms with Gasteiger partial charge in [0.2, 0.25) is 0 Å². The molecule has 0 saturated heterocycles. The van der Waals surface area contributed by atoms with E-state index in [1.807, 2.05) is 27.7 Å². The van der Waals surface area contributed by atoms with E-state index in [9.17, 15) is 13.2 Å². The number of sulfonamides is 1. The first-order chi connectivity index (χ1) is 12.5. The van der Waals surface area contributed by atoms with Crippen LogP contribution in [0.2, 0.25) is 5.02 Å². The Morgan fingerprint density at radius 2 is 1.44 bits per heavy atom. The van der Waals surface area contributed by atoms with Crippen LogP contribution in [0.25, 0.3) is 0 Å². The summed E-state index contributed by atoms with van der Waals surface area (Å²) in [7, 11) is -3.88. The summed E-state index contributed by atoms with van der Waals surface area (Å²) in [6.45, 7) is 9.28. The molecule has 0 heterocycles. The molecule has 1 aliphatic carbocycles. The molecule has 0 saturated carbocycles. The molecule has 0 fully saturated rings. The molecule has 7 heteroatoms. The molecule has 0 spiro atoms. The van der Waals surface area contributed by atoms with Gasteiger partial charge in [0.1, 0.15) is 5.84 Å². The van der Waals surface area contributed by atoms with Crippen LogP contribution in [0.15, 0.2) is 61.8 Å². The minimum absolute atomic E-state index is 0.0160. The second-order valence-corrected chi connectivity index (χ2v) is 8.98. The number of benzene rings is 1.